The van der Waals surface area contributed by atoms with Crippen molar-refractivity contribution in [2.45, 2.75) is 53.4 Å². The molecule has 1 aliphatic carbocycles. The maximum atomic E-state index is 12.0. The predicted octanol–water partition coefficient (Wildman–Crippen LogP) is 2.68. The minimum atomic E-state index is -0.767. The molecule has 0 radical (unpaired) electrons. The highest BCUT2D eigenvalue weighted by molar-refractivity contribution is 5.80. The van der Waals surface area contributed by atoms with E-state index in [1.165, 1.54) is 0 Å². The SMILES string of the molecule is CC1CCC(CNC(=O)C(C)C(C)C)(C(=O)O)CC1. The van der Waals surface area contributed by atoms with Gasteiger partial charge in [0.2, 0.25) is 5.91 Å². The number of carbonyl (C=O) groups is 2. The Balaban J connectivity index is 2.61. The molecule has 0 aromatic heterocycles. The van der Waals surface area contributed by atoms with Crippen molar-refractivity contribution in [1.82, 2.24) is 5.32 Å². The lowest BCUT2D eigenvalue weighted by Gasteiger charge is -2.36. The molecule has 1 rings (SSSR count). The summed E-state index contributed by atoms with van der Waals surface area (Å²) in [6, 6.07) is 0. The first-order valence-corrected chi connectivity index (χ1v) is 7.29. The highest BCUT2D eigenvalue weighted by atomic mass is 16.4. The third kappa shape index (κ3) is 3.95. The number of amides is 1. The molecule has 0 heterocycles. The van der Waals surface area contributed by atoms with E-state index in [4.69, 9.17) is 0 Å². The molecule has 1 atom stereocenters. The van der Waals surface area contributed by atoms with Gasteiger partial charge in [0, 0.05) is 12.5 Å². The molecule has 4 nitrogen and oxygen atoms in total. The molecule has 1 amide bonds. The van der Waals surface area contributed by atoms with Crippen LogP contribution in [0.1, 0.15) is 53.4 Å². The number of hydrogen-bond donors (Lipinski definition) is 2. The van der Waals surface area contributed by atoms with Gasteiger partial charge in [-0.05, 0) is 37.5 Å². The molecule has 110 valence electrons. The number of rotatable bonds is 5. The minimum absolute atomic E-state index is 0.0331. The van der Waals surface area contributed by atoms with Gasteiger partial charge in [0.05, 0.1) is 5.41 Å². The van der Waals surface area contributed by atoms with Crippen molar-refractivity contribution < 1.29 is 14.7 Å². The van der Waals surface area contributed by atoms with Crippen molar-refractivity contribution >= 4 is 11.9 Å². The average molecular weight is 269 g/mol. The Morgan fingerprint density at radius 2 is 1.79 bits per heavy atom. The number of carboxylic acid groups (broad SMARTS) is 1. The first-order chi connectivity index (χ1) is 8.78. The largest absolute Gasteiger partial charge is 0.481 e. The van der Waals surface area contributed by atoms with E-state index in [2.05, 4.69) is 12.2 Å². The Hall–Kier alpha value is -1.06. The third-order valence-corrected chi connectivity index (χ3v) is 4.70. The van der Waals surface area contributed by atoms with E-state index >= 15 is 0 Å². The molecule has 19 heavy (non-hydrogen) atoms. The van der Waals surface area contributed by atoms with Crippen molar-refractivity contribution in [3.8, 4) is 0 Å². The Morgan fingerprint density at radius 1 is 1.26 bits per heavy atom. The monoisotopic (exact) mass is 269 g/mol. The lowest BCUT2D eigenvalue weighted by atomic mass is 9.70. The van der Waals surface area contributed by atoms with E-state index in [9.17, 15) is 14.7 Å². The molecular formula is C15H27NO3. The van der Waals surface area contributed by atoms with Gasteiger partial charge in [-0.3, -0.25) is 9.59 Å². The molecule has 1 saturated carbocycles. The normalized spacial score (nSPS) is 29.0. The first kappa shape index (κ1) is 16.0. The zero-order valence-corrected chi connectivity index (χ0v) is 12.5. The minimum Gasteiger partial charge on any atom is -0.481 e. The molecule has 1 unspecified atom stereocenters. The molecular weight excluding hydrogens is 242 g/mol. The van der Waals surface area contributed by atoms with Gasteiger partial charge in [-0.15, -0.1) is 0 Å². The van der Waals surface area contributed by atoms with Crippen LogP contribution in [0.2, 0.25) is 0 Å². The summed E-state index contributed by atoms with van der Waals surface area (Å²) in [6.07, 6.45) is 3.20. The molecule has 0 aromatic rings. The first-order valence-electron chi connectivity index (χ1n) is 7.29. The molecule has 0 aromatic carbocycles. The van der Waals surface area contributed by atoms with Crippen LogP contribution in [0.3, 0.4) is 0 Å². The van der Waals surface area contributed by atoms with E-state index in [-0.39, 0.29) is 24.3 Å². The van der Waals surface area contributed by atoms with E-state index < -0.39 is 11.4 Å². The third-order valence-electron chi connectivity index (χ3n) is 4.70. The number of carbonyl (C=O) groups excluding carboxylic acids is 1. The molecule has 4 heteroatoms. The van der Waals surface area contributed by atoms with Crippen molar-refractivity contribution in [3.63, 3.8) is 0 Å². The zero-order valence-electron chi connectivity index (χ0n) is 12.5. The second-order valence-electron chi connectivity index (χ2n) is 6.52. The predicted molar refractivity (Wildman–Crippen MR) is 74.7 cm³/mol. The van der Waals surface area contributed by atoms with Crippen LogP contribution < -0.4 is 5.32 Å². The number of nitrogens with one attached hydrogen (secondary N) is 1. The molecule has 1 aliphatic rings. The second-order valence-corrected chi connectivity index (χ2v) is 6.52. The molecule has 1 fully saturated rings. The fraction of sp³-hybridized carbons (Fsp3) is 0.867. The summed E-state index contributed by atoms with van der Waals surface area (Å²) in [5.74, 6) is -0.00979. The molecule has 0 spiro atoms. The average Bonchev–Trinajstić information content (AvgIpc) is 2.36. The van der Waals surface area contributed by atoms with Gasteiger partial charge in [-0.1, -0.05) is 27.7 Å². The van der Waals surface area contributed by atoms with Crippen LogP contribution in [0.5, 0.6) is 0 Å². The molecule has 2 N–H and O–H groups in total. The Bertz CT molecular complexity index is 330. The Morgan fingerprint density at radius 3 is 2.21 bits per heavy atom. The van der Waals surface area contributed by atoms with E-state index in [0.29, 0.717) is 18.8 Å². The van der Waals surface area contributed by atoms with Crippen LogP contribution in [0, 0.1) is 23.2 Å². The lowest BCUT2D eigenvalue weighted by Crippen LogP contribution is -2.46. The lowest BCUT2D eigenvalue weighted by molar-refractivity contribution is -0.151. The standard InChI is InChI=1S/C15H27NO3/c1-10(2)12(4)13(17)16-9-15(14(18)19)7-5-11(3)6-8-15/h10-12H,5-9H2,1-4H3,(H,16,17)(H,18,19). The van der Waals surface area contributed by atoms with Gasteiger partial charge >= 0.3 is 5.97 Å². The number of hydrogen-bond acceptors (Lipinski definition) is 2. The van der Waals surface area contributed by atoms with Gasteiger partial charge in [-0.2, -0.15) is 0 Å². The summed E-state index contributed by atoms with van der Waals surface area (Å²) in [4.78, 5) is 23.5. The topological polar surface area (TPSA) is 66.4 Å². The molecule has 0 bridgehead atoms. The fourth-order valence-electron chi connectivity index (χ4n) is 2.50. The van der Waals surface area contributed by atoms with Crippen LogP contribution in [-0.4, -0.2) is 23.5 Å². The van der Waals surface area contributed by atoms with E-state index in [1.807, 2.05) is 20.8 Å². The van der Waals surface area contributed by atoms with Crippen LogP contribution in [0.4, 0.5) is 0 Å². The Kier molecular flexibility index (Phi) is 5.39. The van der Waals surface area contributed by atoms with Crippen molar-refractivity contribution in [2.75, 3.05) is 6.54 Å². The summed E-state index contributed by atoms with van der Waals surface area (Å²) in [6.45, 7) is 8.31. The number of carboxylic acids is 1. The van der Waals surface area contributed by atoms with Gasteiger partial charge in [0.25, 0.3) is 0 Å². The summed E-state index contributed by atoms with van der Waals surface area (Å²) < 4.78 is 0. The zero-order chi connectivity index (χ0) is 14.6. The maximum Gasteiger partial charge on any atom is 0.311 e. The van der Waals surface area contributed by atoms with Crippen LogP contribution in [0.25, 0.3) is 0 Å². The second kappa shape index (κ2) is 6.40. The van der Waals surface area contributed by atoms with Gasteiger partial charge in [-0.25, -0.2) is 0 Å². The van der Waals surface area contributed by atoms with Gasteiger partial charge in [0.15, 0.2) is 0 Å². The van der Waals surface area contributed by atoms with Crippen molar-refractivity contribution in [2.24, 2.45) is 23.2 Å². The summed E-state index contributed by atoms with van der Waals surface area (Å²) >= 11 is 0. The van der Waals surface area contributed by atoms with Gasteiger partial charge in [0.1, 0.15) is 0 Å². The van der Waals surface area contributed by atoms with Crippen LogP contribution >= 0.6 is 0 Å². The number of aliphatic carboxylic acids is 1. The fourth-order valence-corrected chi connectivity index (χ4v) is 2.50. The van der Waals surface area contributed by atoms with E-state index in [1.54, 1.807) is 0 Å². The highest BCUT2D eigenvalue weighted by Gasteiger charge is 2.41. The van der Waals surface area contributed by atoms with Crippen molar-refractivity contribution in [3.05, 3.63) is 0 Å². The quantitative estimate of drug-likeness (QED) is 0.806. The van der Waals surface area contributed by atoms with Gasteiger partial charge < -0.3 is 10.4 Å². The summed E-state index contributed by atoms with van der Waals surface area (Å²) in [7, 11) is 0. The van der Waals surface area contributed by atoms with Crippen LogP contribution in [0.15, 0.2) is 0 Å². The smallest absolute Gasteiger partial charge is 0.311 e. The summed E-state index contributed by atoms with van der Waals surface area (Å²) in [5, 5.41) is 12.3. The molecule has 0 saturated heterocycles. The van der Waals surface area contributed by atoms with Crippen molar-refractivity contribution in [1.29, 1.82) is 0 Å². The maximum absolute atomic E-state index is 12.0. The Labute approximate surface area is 116 Å². The molecule has 0 aliphatic heterocycles. The van der Waals surface area contributed by atoms with E-state index in [0.717, 1.165) is 12.8 Å². The van der Waals surface area contributed by atoms with Crippen LogP contribution in [-0.2, 0) is 9.59 Å². The highest BCUT2D eigenvalue weighted by Crippen LogP contribution is 2.38. The summed E-state index contributed by atoms with van der Waals surface area (Å²) in [5.41, 5.74) is -0.751.